The topological polar surface area (TPSA) is 104 Å². The largest absolute Gasteiger partial charge is 0.462 e. The number of ether oxygens (including phenoxy) is 2. The molecule has 3 aromatic heterocycles. The van der Waals surface area contributed by atoms with Gasteiger partial charge >= 0.3 is 11.9 Å². The van der Waals surface area contributed by atoms with E-state index in [-0.39, 0.29) is 18.4 Å². The lowest BCUT2D eigenvalue weighted by Crippen LogP contribution is -2.07. The fraction of sp³-hybridized carbons (Fsp3) is 0.368. The number of nitrogens with zero attached hydrogens (tertiary/aromatic N) is 2. The number of nitrogens with two attached hydrogens (primary N) is 1. The van der Waals surface area contributed by atoms with Crippen molar-refractivity contribution in [1.29, 1.82) is 0 Å². The summed E-state index contributed by atoms with van der Waals surface area (Å²) >= 11 is 2.70. The van der Waals surface area contributed by atoms with Crippen LogP contribution >= 0.6 is 22.7 Å². The van der Waals surface area contributed by atoms with Gasteiger partial charge in [-0.15, -0.1) is 22.7 Å². The summed E-state index contributed by atoms with van der Waals surface area (Å²) in [5.41, 5.74) is 8.03. The Balaban J connectivity index is 1.53. The zero-order valence-electron chi connectivity index (χ0n) is 15.5. The SMILES string of the molecule is CCOC(=O)c1sc2nc(COC(=O)c3cc4c(s3)CCC4)nc(N)c2c1C. The minimum Gasteiger partial charge on any atom is -0.462 e. The second-order valence-corrected chi connectivity index (χ2v) is 8.61. The minimum atomic E-state index is -0.402. The van der Waals surface area contributed by atoms with Gasteiger partial charge < -0.3 is 15.2 Å². The van der Waals surface area contributed by atoms with Crippen LogP contribution in [0.4, 0.5) is 5.82 Å². The van der Waals surface area contributed by atoms with Crippen molar-refractivity contribution in [1.82, 2.24) is 9.97 Å². The molecule has 1 aliphatic carbocycles. The van der Waals surface area contributed by atoms with Gasteiger partial charge in [0, 0.05) is 4.88 Å². The number of fused-ring (bicyclic) bond motifs is 2. The fourth-order valence-corrected chi connectivity index (χ4v) is 5.55. The van der Waals surface area contributed by atoms with Crippen LogP contribution in [0.25, 0.3) is 10.2 Å². The van der Waals surface area contributed by atoms with Crippen LogP contribution in [0.3, 0.4) is 0 Å². The van der Waals surface area contributed by atoms with Gasteiger partial charge in [-0.05, 0) is 50.3 Å². The summed E-state index contributed by atoms with van der Waals surface area (Å²) < 4.78 is 10.5. The highest BCUT2D eigenvalue weighted by Crippen LogP contribution is 2.34. The Hall–Kier alpha value is -2.52. The molecular weight excluding hydrogens is 398 g/mol. The Morgan fingerprint density at radius 2 is 2.00 bits per heavy atom. The Morgan fingerprint density at radius 1 is 1.18 bits per heavy atom. The van der Waals surface area contributed by atoms with Gasteiger partial charge in [0.05, 0.1) is 12.0 Å². The van der Waals surface area contributed by atoms with Crippen LogP contribution in [0.15, 0.2) is 6.07 Å². The van der Waals surface area contributed by atoms with Crippen LogP contribution in [0.1, 0.15) is 54.5 Å². The van der Waals surface area contributed by atoms with Crippen LogP contribution in [0.2, 0.25) is 0 Å². The third kappa shape index (κ3) is 3.35. The van der Waals surface area contributed by atoms with Crippen LogP contribution in [-0.2, 0) is 28.9 Å². The van der Waals surface area contributed by atoms with Crippen molar-refractivity contribution < 1.29 is 19.1 Å². The van der Waals surface area contributed by atoms with E-state index in [1.165, 1.54) is 33.1 Å². The molecule has 0 radical (unpaired) electrons. The second kappa shape index (κ2) is 7.48. The van der Waals surface area contributed by atoms with Crippen LogP contribution in [0, 0.1) is 6.92 Å². The minimum absolute atomic E-state index is 0.0762. The number of carbonyl (C=O) groups excluding carboxylic acids is 2. The van der Waals surface area contributed by atoms with E-state index in [0.717, 1.165) is 19.3 Å². The first-order valence-electron chi connectivity index (χ1n) is 8.99. The molecule has 0 bridgehead atoms. The lowest BCUT2D eigenvalue weighted by atomic mass is 10.2. The first-order valence-corrected chi connectivity index (χ1v) is 10.6. The van der Waals surface area contributed by atoms with Gasteiger partial charge in [-0.2, -0.15) is 0 Å². The highest BCUT2D eigenvalue weighted by molar-refractivity contribution is 7.20. The maximum atomic E-state index is 12.3. The molecule has 0 atom stereocenters. The van der Waals surface area contributed by atoms with Crippen molar-refractivity contribution in [2.75, 3.05) is 12.3 Å². The van der Waals surface area contributed by atoms with Gasteiger partial charge in [-0.25, -0.2) is 19.6 Å². The quantitative estimate of drug-likeness (QED) is 0.632. The molecule has 0 aromatic carbocycles. The molecule has 0 fully saturated rings. The zero-order valence-corrected chi connectivity index (χ0v) is 17.2. The summed E-state index contributed by atoms with van der Waals surface area (Å²) in [4.78, 5) is 36.0. The molecule has 3 aromatic rings. The van der Waals surface area contributed by atoms with E-state index in [2.05, 4.69) is 9.97 Å². The number of aromatic nitrogens is 2. The average Bonchev–Trinajstić information content (AvgIpc) is 3.33. The predicted octanol–water partition coefficient (Wildman–Crippen LogP) is 3.67. The molecule has 0 saturated heterocycles. The summed E-state index contributed by atoms with van der Waals surface area (Å²) in [5, 5.41) is 0.637. The Labute approximate surface area is 169 Å². The summed E-state index contributed by atoms with van der Waals surface area (Å²) in [6.45, 7) is 3.76. The van der Waals surface area contributed by atoms with Crippen LogP contribution in [0.5, 0.6) is 0 Å². The molecule has 146 valence electrons. The third-order valence-corrected chi connectivity index (χ3v) is 6.99. The number of esters is 2. The van der Waals surface area contributed by atoms with Crippen LogP contribution < -0.4 is 5.73 Å². The molecule has 0 unspecified atom stereocenters. The van der Waals surface area contributed by atoms with E-state index < -0.39 is 5.97 Å². The van der Waals surface area contributed by atoms with Crippen molar-refractivity contribution in [3.63, 3.8) is 0 Å². The highest BCUT2D eigenvalue weighted by Gasteiger charge is 2.22. The predicted molar refractivity (Wildman–Crippen MR) is 108 cm³/mol. The molecule has 1 aliphatic rings. The van der Waals surface area contributed by atoms with Gasteiger partial charge in [0.2, 0.25) is 0 Å². The van der Waals surface area contributed by atoms with Crippen molar-refractivity contribution in [2.24, 2.45) is 0 Å². The van der Waals surface area contributed by atoms with Crippen molar-refractivity contribution >= 4 is 50.6 Å². The number of hydrogen-bond donors (Lipinski definition) is 1. The molecule has 0 amide bonds. The van der Waals surface area contributed by atoms with Crippen molar-refractivity contribution in [3.8, 4) is 0 Å². The smallest absolute Gasteiger partial charge is 0.348 e. The lowest BCUT2D eigenvalue weighted by molar-refractivity contribution is 0.0467. The molecule has 9 heteroatoms. The fourth-order valence-electron chi connectivity index (χ4n) is 3.30. The van der Waals surface area contributed by atoms with Gasteiger partial charge in [0.15, 0.2) is 12.4 Å². The van der Waals surface area contributed by atoms with E-state index in [0.29, 0.717) is 38.0 Å². The summed E-state index contributed by atoms with van der Waals surface area (Å²) in [7, 11) is 0. The molecule has 3 heterocycles. The van der Waals surface area contributed by atoms with Gasteiger partial charge in [0.1, 0.15) is 20.4 Å². The number of hydrogen-bond acceptors (Lipinski definition) is 9. The highest BCUT2D eigenvalue weighted by atomic mass is 32.1. The molecule has 0 saturated carbocycles. The second-order valence-electron chi connectivity index (χ2n) is 6.47. The number of thiophene rings is 2. The number of nitrogen functional groups attached to an aromatic ring is 1. The molecule has 0 aliphatic heterocycles. The van der Waals surface area contributed by atoms with Crippen molar-refractivity contribution in [3.05, 3.63) is 37.6 Å². The molecule has 28 heavy (non-hydrogen) atoms. The standard InChI is InChI=1S/C19H19N3O4S2/c1-3-25-19(24)15-9(2)14-16(20)21-13(22-17(14)28-15)8-26-18(23)12-7-10-5-4-6-11(10)27-12/h7H,3-6,8H2,1-2H3,(H2,20,21,22). The van der Waals surface area contributed by atoms with E-state index in [9.17, 15) is 9.59 Å². The van der Waals surface area contributed by atoms with Crippen molar-refractivity contribution in [2.45, 2.75) is 39.7 Å². The summed E-state index contributed by atoms with van der Waals surface area (Å²) in [6.07, 6.45) is 3.21. The Morgan fingerprint density at radius 3 is 2.75 bits per heavy atom. The van der Waals surface area contributed by atoms with E-state index in [1.54, 1.807) is 13.8 Å². The number of aryl methyl sites for hydroxylation is 3. The molecule has 7 nitrogen and oxygen atoms in total. The maximum Gasteiger partial charge on any atom is 0.348 e. The van der Waals surface area contributed by atoms with Gasteiger partial charge in [0.25, 0.3) is 0 Å². The number of anilines is 1. The Bertz CT molecular complexity index is 1070. The zero-order chi connectivity index (χ0) is 19.8. The lowest BCUT2D eigenvalue weighted by Gasteiger charge is -2.04. The van der Waals surface area contributed by atoms with Gasteiger partial charge in [-0.1, -0.05) is 0 Å². The molecule has 2 N–H and O–H groups in total. The average molecular weight is 418 g/mol. The monoisotopic (exact) mass is 417 g/mol. The first-order chi connectivity index (χ1) is 13.5. The van der Waals surface area contributed by atoms with Gasteiger partial charge in [-0.3, -0.25) is 0 Å². The van der Waals surface area contributed by atoms with Crippen LogP contribution in [-0.4, -0.2) is 28.5 Å². The number of carbonyl (C=O) groups is 2. The third-order valence-electron chi connectivity index (χ3n) is 4.61. The summed E-state index contributed by atoms with van der Waals surface area (Å²) in [5.74, 6) is -0.216. The molecule has 4 rings (SSSR count). The van der Waals surface area contributed by atoms with E-state index in [1.807, 2.05) is 6.07 Å². The molecule has 0 spiro atoms. The summed E-state index contributed by atoms with van der Waals surface area (Å²) in [6, 6.07) is 1.92. The normalized spacial score (nSPS) is 12.9. The van der Waals surface area contributed by atoms with E-state index in [4.69, 9.17) is 15.2 Å². The first kappa shape index (κ1) is 18.8. The molecular formula is C19H19N3O4S2. The maximum absolute atomic E-state index is 12.3. The number of rotatable bonds is 5. The van der Waals surface area contributed by atoms with E-state index >= 15 is 0 Å². The Kier molecular flexibility index (Phi) is 5.03.